The molecule has 1 aliphatic rings. The normalized spacial score (nSPS) is 17.5. The Morgan fingerprint density at radius 3 is 2.71 bits per heavy atom. The van der Waals surface area contributed by atoms with E-state index in [4.69, 9.17) is 4.74 Å². The maximum Gasteiger partial charge on any atom is 0.218 e. The van der Waals surface area contributed by atoms with Crippen molar-refractivity contribution in [2.45, 2.75) is 51.5 Å². The average molecular weight is 235 g/mol. The number of anilines is 1. The Morgan fingerprint density at radius 2 is 2.00 bits per heavy atom. The molecule has 0 saturated heterocycles. The van der Waals surface area contributed by atoms with E-state index >= 15 is 0 Å². The van der Waals surface area contributed by atoms with Crippen molar-refractivity contribution in [3.8, 4) is 5.88 Å². The molecule has 1 heterocycles. The summed E-state index contributed by atoms with van der Waals surface area (Å²) >= 11 is 0. The van der Waals surface area contributed by atoms with Crippen LogP contribution in [0.3, 0.4) is 0 Å². The molecule has 0 atom stereocenters. The lowest BCUT2D eigenvalue weighted by Gasteiger charge is -2.16. The Labute approximate surface area is 103 Å². The van der Waals surface area contributed by atoms with Crippen molar-refractivity contribution in [3.05, 3.63) is 12.4 Å². The van der Waals surface area contributed by atoms with Crippen LogP contribution >= 0.6 is 0 Å². The highest BCUT2D eigenvalue weighted by atomic mass is 16.5. The lowest BCUT2D eigenvalue weighted by molar-refractivity contribution is 0.326. The van der Waals surface area contributed by atoms with Crippen LogP contribution in [-0.4, -0.2) is 22.6 Å². The maximum atomic E-state index is 5.37. The van der Waals surface area contributed by atoms with Gasteiger partial charge in [-0.2, -0.15) is 0 Å². The minimum Gasteiger partial charge on any atom is -0.478 e. The molecule has 4 nitrogen and oxygen atoms in total. The van der Waals surface area contributed by atoms with Gasteiger partial charge < -0.3 is 10.1 Å². The Bertz CT molecular complexity index is 335. The second kappa shape index (κ2) is 6.42. The summed E-state index contributed by atoms with van der Waals surface area (Å²) < 4.78 is 5.37. The van der Waals surface area contributed by atoms with Gasteiger partial charge in [0.2, 0.25) is 5.88 Å². The van der Waals surface area contributed by atoms with Crippen LogP contribution < -0.4 is 10.1 Å². The SMILES string of the molecule is CCOc1cc(NC2CCCCCC2)ncn1. The summed E-state index contributed by atoms with van der Waals surface area (Å²) in [6.45, 7) is 2.60. The standard InChI is InChI=1S/C13H21N3O/c1-2-17-13-9-12(14-10-15-13)16-11-7-5-3-4-6-8-11/h9-11H,2-8H2,1H3,(H,14,15,16). The molecule has 1 saturated carbocycles. The van der Waals surface area contributed by atoms with Crippen molar-refractivity contribution in [2.24, 2.45) is 0 Å². The van der Waals surface area contributed by atoms with E-state index in [0.29, 0.717) is 18.5 Å². The monoisotopic (exact) mass is 235 g/mol. The number of aromatic nitrogens is 2. The quantitative estimate of drug-likeness (QED) is 0.815. The van der Waals surface area contributed by atoms with E-state index in [-0.39, 0.29) is 0 Å². The third-order valence-electron chi connectivity index (χ3n) is 3.14. The third kappa shape index (κ3) is 3.88. The van der Waals surface area contributed by atoms with E-state index in [1.807, 2.05) is 13.0 Å². The molecule has 1 fully saturated rings. The fourth-order valence-corrected chi connectivity index (χ4v) is 2.28. The summed E-state index contributed by atoms with van der Waals surface area (Å²) in [7, 11) is 0. The van der Waals surface area contributed by atoms with Crippen molar-refractivity contribution in [1.29, 1.82) is 0 Å². The van der Waals surface area contributed by atoms with E-state index < -0.39 is 0 Å². The highest BCUT2D eigenvalue weighted by Crippen LogP contribution is 2.21. The van der Waals surface area contributed by atoms with Crippen LogP contribution in [0.2, 0.25) is 0 Å². The van der Waals surface area contributed by atoms with E-state index in [1.165, 1.54) is 38.5 Å². The third-order valence-corrected chi connectivity index (χ3v) is 3.14. The summed E-state index contributed by atoms with van der Waals surface area (Å²) in [5.74, 6) is 1.54. The molecule has 0 spiro atoms. The number of rotatable bonds is 4. The van der Waals surface area contributed by atoms with Gasteiger partial charge in [0.05, 0.1) is 6.61 Å². The van der Waals surface area contributed by atoms with E-state index in [2.05, 4.69) is 15.3 Å². The van der Waals surface area contributed by atoms with Crippen LogP contribution in [0.1, 0.15) is 45.4 Å². The molecule has 1 aromatic heterocycles. The average Bonchev–Trinajstić information content (AvgIpc) is 2.59. The van der Waals surface area contributed by atoms with Crippen molar-refractivity contribution in [2.75, 3.05) is 11.9 Å². The van der Waals surface area contributed by atoms with Crippen LogP contribution in [0.15, 0.2) is 12.4 Å². The van der Waals surface area contributed by atoms with Gasteiger partial charge in [0, 0.05) is 12.1 Å². The zero-order valence-electron chi connectivity index (χ0n) is 10.5. The molecule has 1 aliphatic carbocycles. The number of nitrogens with zero attached hydrogens (tertiary/aromatic N) is 2. The fraction of sp³-hybridized carbons (Fsp3) is 0.692. The molecular formula is C13H21N3O. The number of nitrogens with one attached hydrogen (secondary N) is 1. The van der Waals surface area contributed by atoms with Crippen LogP contribution in [-0.2, 0) is 0 Å². The second-order valence-electron chi connectivity index (χ2n) is 4.51. The van der Waals surface area contributed by atoms with Gasteiger partial charge in [-0.3, -0.25) is 0 Å². The zero-order valence-corrected chi connectivity index (χ0v) is 10.5. The Hall–Kier alpha value is -1.32. The molecule has 0 unspecified atom stereocenters. The zero-order chi connectivity index (χ0) is 11.9. The van der Waals surface area contributed by atoms with Gasteiger partial charge in [-0.25, -0.2) is 9.97 Å². The predicted molar refractivity (Wildman–Crippen MR) is 68.3 cm³/mol. The van der Waals surface area contributed by atoms with Crippen LogP contribution in [0.4, 0.5) is 5.82 Å². The lowest BCUT2D eigenvalue weighted by Crippen LogP contribution is -2.19. The van der Waals surface area contributed by atoms with Crippen LogP contribution in [0.5, 0.6) is 5.88 Å². The Kier molecular flexibility index (Phi) is 4.59. The van der Waals surface area contributed by atoms with Gasteiger partial charge >= 0.3 is 0 Å². The van der Waals surface area contributed by atoms with Crippen molar-refractivity contribution in [1.82, 2.24) is 9.97 Å². The molecule has 0 aliphatic heterocycles. The smallest absolute Gasteiger partial charge is 0.218 e. The van der Waals surface area contributed by atoms with E-state index in [1.54, 1.807) is 6.33 Å². The van der Waals surface area contributed by atoms with Crippen molar-refractivity contribution in [3.63, 3.8) is 0 Å². The van der Waals surface area contributed by atoms with Crippen molar-refractivity contribution >= 4 is 5.82 Å². The molecule has 94 valence electrons. The Balaban J connectivity index is 1.94. The van der Waals surface area contributed by atoms with Gasteiger partial charge in [-0.1, -0.05) is 25.7 Å². The predicted octanol–water partition coefficient (Wildman–Crippen LogP) is 3.01. The molecular weight excluding hydrogens is 214 g/mol. The first-order chi connectivity index (χ1) is 8.38. The van der Waals surface area contributed by atoms with Gasteiger partial charge in [0.25, 0.3) is 0 Å². The second-order valence-corrected chi connectivity index (χ2v) is 4.51. The number of hydrogen-bond acceptors (Lipinski definition) is 4. The maximum absolute atomic E-state index is 5.37. The molecule has 4 heteroatoms. The first-order valence-corrected chi connectivity index (χ1v) is 6.60. The molecule has 0 amide bonds. The van der Waals surface area contributed by atoms with E-state index in [9.17, 15) is 0 Å². The molecule has 0 aromatic carbocycles. The Morgan fingerprint density at radius 1 is 1.24 bits per heavy atom. The molecule has 0 radical (unpaired) electrons. The summed E-state index contributed by atoms with van der Waals surface area (Å²) in [6.07, 6.45) is 9.42. The molecule has 0 bridgehead atoms. The first kappa shape index (κ1) is 12.1. The summed E-state index contributed by atoms with van der Waals surface area (Å²) in [4.78, 5) is 8.31. The van der Waals surface area contributed by atoms with Crippen molar-refractivity contribution < 1.29 is 4.74 Å². The summed E-state index contributed by atoms with van der Waals surface area (Å²) in [5.41, 5.74) is 0. The van der Waals surface area contributed by atoms with Crippen LogP contribution in [0, 0.1) is 0 Å². The minimum absolute atomic E-state index is 0.557. The number of ether oxygens (including phenoxy) is 1. The largest absolute Gasteiger partial charge is 0.478 e. The molecule has 1 N–H and O–H groups in total. The topological polar surface area (TPSA) is 47.0 Å². The molecule has 1 aromatic rings. The minimum atomic E-state index is 0.557. The first-order valence-electron chi connectivity index (χ1n) is 6.60. The summed E-state index contributed by atoms with van der Waals surface area (Å²) in [5, 5.41) is 3.49. The summed E-state index contributed by atoms with van der Waals surface area (Å²) in [6, 6.07) is 2.44. The molecule has 2 rings (SSSR count). The van der Waals surface area contributed by atoms with Gasteiger partial charge in [0.1, 0.15) is 12.1 Å². The highest BCUT2D eigenvalue weighted by Gasteiger charge is 2.12. The van der Waals surface area contributed by atoms with Gasteiger partial charge in [0.15, 0.2) is 0 Å². The fourth-order valence-electron chi connectivity index (χ4n) is 2.28. The molecule has 17 heavy (non-hydrogen) atoms. The highest BCUT2D eigenvalue weighted by molar-refractivity contribution is 5.38. The van der Waals surface area contributed by atoms with Crippen LogP contribution in [0.25, 0.3) is 0 Å². The van der Waals surface area contributed by atoms with Gasteiger partial charge in [-0.15, -0.1) is 0 Å². The van der Waals surface area contributed by atoms with E-state index in [0.717, 1.165) is 5.82 Å². The number of hydrogen-bond donors (Lipinski definition) is 1. The van der Waals surface area contributed by atoms with Gasteiger partial charge in [-0.05, 0) is 19.8 Å². The lowest BCUT2D eigenvalue weighted by atomic mass is 10.1.